The highest BCUT2D eigenvalue weighted by molar-refractivity contribution is 5.81. The fraction of sp³-hybridized carbons (Fsp3) is 0.286. The van der Waals surface area contributed by atoms with E-state index in [2.05, 4.69) is 42.8 Å². The number of likely N-dealkylation sites (N-methyl/N-ethyl adjacent to an activating group) is 1. The third-order valence-corrected chi connectivity index (χ3v) is 4.54. The number of rotatable bonds is 7. The second-order valence-corrected chi connectivity index (χ2v) is 6.33. The summed E-state index contributed by atoms with van der Waals surface area (Å²) in [7, 11) is 2.11. The SMILES string of the molecule is C=CC(=O)OCC(O)COc1ccc(C2Cc3ccccc3N2C)cc1. The van der Waals surface area contributed by atoms with Crippen LogP contribution in [0, 0.1) is 0 Å². The minimum atomic E-state index is -0.881. The number of carbonyl (C=O) groups is 1. The van der Waals surface area contributed by atoms with E-state index in [4.69, 9.17) is 9.47 Å². The van der Waals surface area contributed by atoms with Gasteiger partial charge in [0.25, 0.3) is 0 Å². The molecule has 5 heteroatoms. The number of para-hydroxylation sites is 1. The van der Waals surface area contributed by atoms with Gasteiger partial charge in [-0.3, -0.25) is 0 Å². The summed E-state index contributed by atoms with van der Waals surface area (Å²) in [5.41, 5.74) is 3.85. The molecule has 1 N–H and O–H groups in total. The molecule has 2 aromatic rings. The van der Waals surface area contributed by atoms with Crippen LogP contribution in [0.1, 0.15) is 17.2 Å². The van der Waals surface area contributed by atoms with E-state index in [0.29, 0.717) is 11.8 Å². The zero-order chi connectivity index (χ0) is 18.5. The average Bonchev–Trinajstić information content (AvgIpc) is 3.01. The summed E-state index contributed by atoms with van der Waals surface area (Å²) >= 11 is 0. The lowest BCUT2D eigenvalue weighted by molar-refractivity contribution is -0.141. The summed E-state index contributed by atoms with van der Waals surface area (Å²) in [5.74, 6) is 0.107. The number of esters is 1. The molecular formula is C21H23NO4. The van der Waals surface area contributed by atoms with Crippen LogP contribution in [-0.2, 0) is 16.0 Å². The van der Waals surface area contributed by atoms with Crippen molar-refractivity contribution in [3.8, 4) is 5.75 Å². The van der Waals surface area contributed by atoms with Gasteiger partial charge in [-0.05, 0) is 35.7 Å². The van der Waals surface area contributed by atoms with Crippen molar-refractivity contribution >= 4 is 11.7 Å². The Labute approximate surface area is 153 Å². The average molecular weight is 353 g/mol. The summed E-state index contributed by atoms with van der Waals surface area (Å²) in [6, 6.07) is 16.7. The van der Waals surface area contributed by atoms with E-state index in [1.165, 1.54) is 16.8 Å². The third kappa shape index (κ3) is 4.06. The number of aliphatic hydroxyl groups excluding tert-OH is 1. The molecule has 2 atom stereocenters. The first-order valence-corrected chi connectivity index (χ1v) is 8.59. The number of fused-ring (bicyclic) bond motifs is 1. The zero-order valence-electron chi connectivity index (χ0n) is 14.8. The van der Waals surface area contributed by atoms with Crippen LogP contribution in [0.2, 0.25) is 0 Å². The van der Waals surface area contributed by atoms with Crippen LogP contribution >= 0.6 is 0 Å². The molecule has 0 fully saturated rings. The summed E-state index contributed by atoms with van der Waals surface area (Å²) in [4.78, 5) is 13.3. The smallest absolute Gasteiger partial charge is 0.330 e. The third-order valence-electron chi connectivity index (χ3n) is 4.54. The Morgan fingerprint density at radius 2 is 2.00 bits per heavy atom. The molecule has 136 valence electrons. The van der Waals surface area contributed by atoms with Gasteiger partial charge < -0.3 is 19.5 Å². The van der Waals surface area contributed by atoms with E-state index >= 15 is 0 Å². The van der Waals surface area contributed by atoms with Crippen molar-refractivity contribution in [2.75, 3.05) is 25.2 Å². The molecule has 0 bridgehead atoms. The van der Waals surface area contributed by atoms with E-state index in [1.54, 1.807) is 0 Å². The largest absolute Gasteiger partial charge is 0.491 e. The number of aliphatic hydroxyl groups is 1. The zero-order valence-corrected chi connectivity index (χ0v) is 14.8. The number of benzene rings is 2. The van der Waals surface area contributed by atoms with Gasteiger partial charge >= 0.3 is 5.97 Å². The first kappa shape index (κ1) is 18.0. The van der Waals surface area contributed by atoms with E-state index in [1.807, 2.05) is 24.3 Å². The molecule has 2 unspecified atom stereocenters. The highest BCUT2D eigenvalue weighted by Crippen LogP contribution is 2.39. The Hall–Kier alpha value is -2.79. The van der Waals surface area contributed by atoms with Gasteiger partial charge in [0.1, 0.15) is 25.1 Å². The maximum absolute atomic E-state index is 11.0. The molecule has 1 aliphatic rings. The van der Waals surface area contributed by atoms with Gasteiger partial charge in [-0.25, -0.2) is 4.79 Å². The van der Waals surface area contributed by atoms with Crippen molar-refractivity contribution in [2.45, 2.75) is 18.6 Å². The van der Waals surface area contributed by atoms with E-state index in [9.17, 15) is 9.90 Å². The standard InChI is InChI=1S/C21H23NO4/c1-3-21(24)26-14-17(23)13-25-18-10-8-15(9-11-18)20-12-16-6-4-5-7-19(16)22(20)2/h3-11,17,20,23H,1,12-14H2,2H3. The van der Waals surface area contributed by atoms with Gasteiger partial charge in [0.15, 0.2) is 0 Å². The van der Waals surface area contributed by atoms with Crippen LogP contribution < -0.4 is 9.64 Å². The Bertz CT molecular complexity index is 772. The summed E-state index contributed by atoms with van der Waals surface area (Å²) in [6.07, 6.45) is 1.17. The molecule has 3 rings (SSSR count). The van der Waals surface area contributed by atoms with Crippen LogP contribution in [0.4, 0.5) is 5.69 Å². The highest BCUT2D eigenvalue weighted by Gasteiger charge is 2.27. The molecule has 0 spiro atoms. The summed E-state index contributed by atoms with van der Waals surface area (Å²) in [5, 5.41) is 9.77. The van der Waals surface area contributed by atoms with Crippen LogP contribution in [-0.4, -0.2) is 37.4 Å². The van der Waals surface area contributed by atoms with Gasteiger partial charge in [0.05, 0.1) is 6.04 Å². The van der Waals surface area contributed by atoms with Crippen LogP contribution in [0.25, 0.3) is 0 Å². The molecular weight excluding hydrogens is 330 g/mol. The lowest BCUT2D eigenvalue weighted by Crippen LogP contribution is -2.24. The Morgan fingerprint density at radius 3 is 2.69 bits per heavy atom. The second-order valence-electron chi connectivity index (χ2n) is 6.33. The van der Waals surface area contributed by atoms with E-state index < -0.39 is 12.1 Å². The number of carbonyl (C=O) groups excluding carboxylic acids is 1. The molecule has 5 nitrogen and oxygen atoms in total. The van der Waals surface area contributed by atoms with Gasteiger partial charge in [0.2, 0.25) is 0 Å². The number of ether oxygens (including phenoxy) is 2. The van der Waals surface area contributed by atoms with Crippen molar-refractivity contribution in [3.05, 3.63) is 72.3 Å². The van der Waals surface area contributed by atoms with Crippen molar-refractivity contribution in [1.82, 2.24) is 0 Å². The monoisotopic (exact) mass is 353 g/mol. The highest BCUT2D eigenvalue weighted by atomic mass is 16.5. The minimum Gasteiger partial charge on any atom is -0.491 e. The van der Waals surface area contributed by atoms with Gasteiger partial charge in [-0.15, -0.1) is 0 Å². The first-order valence-electron chi connectivity index (χ1n) is 8.59. The van der Waals surface area contributed by atoms with Crippen LogP contribution in [0.3, 0.4) is 0 Å². The number of nitrogens with zero attached hydrogens (tertiary/aromatic N) is 1. The number of hydrogen-bond donors (Lipinski definition) is 1. The predicted molar refractivity (Wildman–Crippen MR) is 100 cm³/mol. The van der Waals surface area contributed by atoms with Crippen LogP contribution in [0.5, 0.6) is 5.75 Å². The fourth-order valence-corrected chi connectivity index (χ4v) is 3.15. The lowest BCUT2D eigenvalue weighted by Gasteiger charge is -2.23. The number of anilines is 1. The summed E-state index contributed by atoms with van der Waals surface area (Å²) in [6.45, 7) is 3.24. The molecule has 1 aliphatic heterocycles. The minimum absolute atomic E-state index is 0.0541. The van der Waals surface area contributed by atoms with Crippen molar-refractivity contribution in [1.29, 1.82) is 0 Å². The Kier molecular flexibility index (Phi) is 5.58. The molecule has 0 saturated heterocycles. The van der Waals surface area contributed by atoms with Crippen molar-refractivity contribution < 1.29 is 19.4 Å². The Morgan fingerprint density at radius 1 is 1.27 bits per heavy atom. The van der Waals surface area contributed by atoms with Gasteiger partial charge in [-0.2, -0.15) is 0 Å². The molecule has 0 aliphatic carbocycles. The quantitative estimate of drug-likeness (QED) is 0.613. The van der Waals surface area contributed by atoms with E-state index in [-0.39, 0.29) is 13.2 Å². The Balaban J connectivity index is 1.55. The molecule has 0 radical (unpaired) electrons. The molecule has 0 saturated carbocycles. The normalized spacial score (nSPS) is 16.7. The number of hydrogen-bond acceptors (Lipinski definition) is 5. The fourth-order valence-electron chi connectivity index (χ4n) is 3.15. The lowest BCUT2D eigenvalue weighted by atomic mass is 10.0. The summed E-state index contributed by atoms with van der Waals surface area (Å²) < 4.78 is 10.3. The molecule has 0 aromatic heterocycles. The predicted octanol–water partition coefficient (Wildman–Crippen LogP) is 2.89. The maximum atomic E-state index is 11.0. The first-order chi connectivity index (χ1) is 12.6. The molecule has 26 heavy (non-hydrogen) atoms. The molecule has 1 heterocycles. The second kappa shape index (κ2) is 8.06. The van der Waals surface area contributed by atoms with Crippen molar-refractivity contribution in [2.24, 2.45) is 0 Å². The molecule has 2 aromatic carbocycles. The topological polar surface area (TPSA) is 59.0 Å². The van der Waals surface area contributed by atoms with Gasteiger partial charge in [-0.1, -0.05) is 36.9 Å². The maximum Gasteiger partial charge on any atom is 0.330 e. The molecule has 0 amide bonds. The van der Waals surface area contributed by atoms with Crippen molar-refractivity contribution in [3.63, 3.8) is 0 Å². The van der Waals surface area contributed by atoms with E-state index in [0.717, 1.165) is 12.5 Å². The van der Waals surface area contributed by atoms with Gasteiger partial charge in [0, 0.05) is 18.8 Å². The van der Waals surface area contributed by atoms with Crippen LogP contribution in [0.15, 0.2) is 61.2 Å².